The molecule has 0 radical (unpaired) electrons. The quantitative estimate of drug-likeness (QED) is 0.738. The molecule has 0 unspecified atom stereocenters. The summed E-state index contributed by atoms with van der Waals surface area (Å²) in [5.41, 5.74) is 2.12. The van der Waals surface area contributed by atoms with Crippen LogP contribution in [0.15, 0.2) is 48.5 Å². The number of hydrogen-bond acceptors (Lipinski definition) is 4. The first-order valence-electron chi connectivity index (χ1n) is 9.42. The Morgan fingerprint density at radius 2 is 1.83 bits per heavy atom. The highest BCUT2D eigenvalue weighted by Crippen LogP contribution is 2.23. The van der Waals surface area contributed by atoms with Crippen LogP contribution in [0.2, 0.25) is 0 Å². The molecular weight excluding hydrogens is 372 g/mol. The van der Waals surface area contributed by atoms with Crippen LogP contribution in [0.4, 0.5) is 17.1 Å². The van der Waals surface area contributed by atoms with Gasteiger partial charge in [0.2, 0.25) is 17.7 Å². The van der Waals surface area contributed by atoms with Crippen LogP contribution in [0.25, 0.3) is 0 Å². The molecule has 2 heterocycles. The highest BCUT2D eigenvalue weighted by atomic mass is 16.2. The van der Waals surface area contributed by atoms with Crippen molar-refractivity contribution < 1.29 is 19.2 Å². The van der Waals surface area contributed by atoms with E-state index in [0.29, 0.717) is 29.9 Å². The van der Waals surface area contributed by atoms with Crippen molar-refractivity contribution in [1.29, 1.82) is 0 Å². The van der Waals surface area contributed by atoms with Crippen molar-refractivity contribution in [3.8, 4) is 0 Å². The molecule has 0 bridgehead atoms. The van der Waals surface area contributed by atoms with Crippen molar-refractivity contribution >= 4 is 40.7 Å². The van der Waals surface area contributed by atoms with Crippen LogP contribution < -0.4 is 20.9 Å². The van der Waals surface area contributed by atoms with Gasteiger partial charge in [0.25, 0.3) is 5.91 Å². The number of fused-ring (bicyclic) bond motifs is 1. The van der Waals surface area contributed by atoms with Crippen molar-refractivity contribution in [2.45, 2.75) is 25.3 Å². The van der Waals surface area contributed by atoms with E-state index in [9.17, 15) is 19.2 Å². The van der Waals surface area contributed by atoms with Crippen molar-refractivity contribution in [3.05, 3.63) is 54.1 Å². The van der Waals surface area contributed by atoms with Gasteiger partial charge < -0.3 is 20.9 Å². The van der Waals surface area contributed by atoms with E-state index < -0.39 is 23.8 Å². The first-order valence-corrected chi connectivity index (χ1v) is 9.42. The fraction of sp³-hybridized carbons (Fsp3) is 0.238. The number of rotatable bonds is 4. The number of carbonyl (C=O) groups is 4. The highest BCUT2D eigenvalue weighted by molar-refractivity contribution is 6.11. The number of hydrogen-bond donors (Lipinski definition) is 3. The van der Waals surface area contributed by atoms with Crippen LogP contribution >= 0.6 is 0 Å². The van der Waals surface area contributed by atoms with Crippen molar-refractivity contribution in [3.63, 3.8) is 0 Å². The SMILES string of the molecule is O=C(C[C@@H]1NC(=O)c2ccccc2NC1=O)Nc1ccc(N2CCCC2=O)cc1. The van der Waals surface area contributed by atoms with Gasteiger partial charge in [0.05, 0.1) is 17.7 Å². The lowest BCUT2D eigenvalue weighted by atomic mass is 10.1. The number of anilines is 3. The smallest absolute Gasteiger partial charge is 0.254 e. The molecule has 8 heteroatoms. The van der Waals surface area contributed by atoms with Crippen molar-refractivity contribution in [2.24, 2.45) is 0 Å². The van der Waals surface area contributed by atoms with E-state index >= 15 is 0 Å². The average Bonchev–Trinajstić information content (AvgIpc) is 3.09. The lowest BCUT2D eigenvalue weighted by Crippen LogP contribution is -2.43. The number of nitrogens with zero attached hydrogens (tertiary/aromatic N) is 1. The zero-order chi connectivity index (χ0) is 20.4. The summed E-state index contributed by atoms with van der Waals surface area (Å²) >= 11 is 0. The molecule has 0 spiro atoms. The second-order valence-corrected chi connectivity index (χ2v) is 7.01. The van der Waals surface area contributed by atoms with Gasteiger partial charge in [0.15, 0.2) is 0 Å². The third kappa shape index (κ3) is 3.96. The van der Waals surface area contributed by atoms with Crippen LogP contribution in [0, 0.1) is 0 Å². The van der Waals surface area contributed by atoms with E-state index in [2.05, 4.69) is 16.0 Å². The molecule has 2 aliphatic heterocycles. The largest absolute Gasteiger partial charge is 0.340 e. The van der Waals surface area contributed by atoms with Crippen LogP contribution in [0.3, 0.4) is 0 Å². The Bertz CT molecular complexity index is 986. The van der Waals surface area contributed by atoms with Gasteiger partial charge in [-0.05, 0) is 42.8 Å². The second-order valence-electron chi connectivity index (χ2n) is 7.01. The molecule has 148 valence electrons. The number of amides is 4. The molecular formula is C21H20N4O4. The van der Waals surface area contributed by atoms with Gasteiger partial charge in [0.1, 0.15) is 6.04 Å². The minimum absolute atomic E-state index is 0.0953. The van der Waals surface area contributed by atoms with Gasteiger partial charge >= 0.3 is 0 Å². The zero-order valence-corrected chi connectivity index (χ0v) is 15.6. The Kier molecular flexibility index (Phi) is 4.99. The molecule has 29 heavy (non-hydrogen) atoms. The fourth-order valence-electron chi connectivity index (χ4n) is 3.50. The van der Waals surface area contributed by atoms with Gasteiger partial charge in [-0.25, -0.2) is 0 Å². The lowest BCUT2D eigenvalue weighted by molar-refractivity contribution is -0.122. The maximum Gasteiger partial charge on any atom is 0.254 e. The average molecular weight is 392 g/mol. The number of benzene rings is 2. The van der Waals surface area contributed by atoms with Crippen LogP contribution in [0.1, 0.15) is 29.6 Å². The molecule has 1 atom stereocenters. The van der Waals surface area contributed by atoms with E-state index in [1.807, 2.05) is 0 Å². The Morgan fingerprint density at radius 1 is 1.07 bits per heavy atom. The third-order valence-corrected chi connectivity index (χ3v) is 4.98. The standard InChI is InChI=1S/C21H20N4O4/c26-18(22-13-7-9-14(10-8-13)25-11-3-6-19(25)27)12-17-21(29)23-16-5-2-1-4-15(16)20(28)24-17/h1-2,4-5,7-10,17H,3,6,11-12H2,(H,22,26)(H,23,29)(H,24,28)/t17-/m0/s1. The maximum atomic E-state index is 12.4. The first-order chi connectivity index (χ1) is 14.0. The van der Waals surface area contributed by atoms with Gasteiger partial charge in [-0.2, -0.15) is 0 Å². The summed E-state index contributed by atoms with van der Waals surface area (Å²) in [4.78, 5) is 50.6. The fourth-order valence-corrected chi connectivity index (χ4v) is 3.50. The molecule has 2 aromatic rings. The molecule has 8 nitrogen and oxygen atoms in total. The molecule has 0 aliphatic carbocycles. The Morgan fingerprint density at radius 3 is 2.55 bits per heavy atom. The number of para-hydroxylation sites is 1. The van der Waals surface area contributed by atoms with E-state index in [1.54, 1.807) is 53.4 Å². The predicted octanol–water partition coefficient (Wildman–Crippen LogP) is 1.89. The molecule has 0 saturated carbocycles. The number of nitrogens with one attached hydrogen (secondary N) is 3. The summed E-state index contributed by atoms with van der Waals surface area (Å²) in [5, 5.41) is 7.99. The van der Waals surface area contributed by atoms with E-state index in [1.165, 1.54) is 0 Å². The Balaban J connectivity index is 1.39. The summed E-state index contributed by atoms with van der Waals surface area (Å²) in [7, 11) is 0. The molecule has 4 amide bonds. The summed E-state index contributed by atoms with van der Waals surface area (Å²) in [6.07, 6.45) is 1.20. The van der Waals surface area contributed by atoms with Crippen LogP contribution in [-0.2, 0) is 14.4 Å². The molecule has 2 aliphatic rings. The Hall–Kier alpha value is -3.68. The van der Waals surface area contributed by atoms with Crippen LogP contribution in [0.5, 0.6) is 0 Å². The maximum absolute atomic E-state index is 12.4. The normalized spacial score (nSPS) is 18.6. The topological polar surface area (TPSA) is 108 Å². The Labute approximate surface area is 167 Å². The summed E-state index contributed by atoms with van der Waals surface area (Å²) in [6.45, 7) is 0.698. The number of carbonyl (C=O) groups excluding carboxylic acids is 4. The highest BCUT2D eigenvalue weighted by Gasteiger charge is 2.29. The van der Waals surface area contributed by atoms with Gasteiger partial charge in [0, 0.05) is 24.3 Å². The predicted molar refractivity (Wildman–Crippen MR) is 108 cm³/mol. The van der Waals surface area contributed by atoms with E-state index in [4.69, 9.17) is 0 Å². The molecule has 4 rings (SSSR count). The summed E-state index contributed by atoms with van der Waals surface area (Å²) in [6, 6.07) is 12.7. The van der Waals surface area contributed by atoms with Gasteiger partial charge in [-0.3, -0.25) is 19.2 Å². The minimum Gasteiger partial charge on any atom is -0.340 e. The van der Waals surface area contributed by atoms with Crippen molar-refractivity contribution in [2.75, 3.05) is 22.1 Å². The molecule has 1 fully saturated rings. The van der Waals surface area contributed by atoms with Crippen molar-refractivity contribution in [1.82, 2.24) is 5.32 Å². The summed E-state index contributed by atoms with van der Waals surface area (Å²) in [5.74, 6) is -1.16. The van der Waals surface area contributed by atoms with E-state index in [-0.39, 0.29) is 12.3 Å². The monoisotopic (exact) mass is 392 g/mol. The van der Waals surface area contributed by atoms with Gasteiger partial charge in [-0.1, -0.05) is 12.1 Å². The molecule has 1 saturated heterocycles. The molecule has 3 N–H and O–H groups in total. The molecule has 0 aromatic heterocycles. The second kappa shape index (κ2) is 7.75. The van der Waals surface area contributed by atoms with E-state index in [0.717, 1.165) is 12.1 Å². The zero-order valence-electron chi connectivity index (χ0n) is 15.6. The minimum atomic E-state index is -0.976. The van der Waals surface area contributed by atoms with Gasteiger partial charge in [-0.15, -0.1) is 0 Å². The van der Waals surface area contributed by atoms with Crippen LogP contribution in [-0.4, -0.2) is 36.2 Å². The third-order valence-electron chi connectivity index (χ3n) is 4.98. The molecule has 2 aromatic carbocycles. The first kappa shape index (κ1) is 18.7. The lowest BCUT2D eigenvalue weighted by Gasteiger charge is -2.17. The summed E-state index contributed by atoms with van der Waals surface area (Å²) < 4.78 is 0.